The van der Waals surface area contributed by atoms with Crippen LogP contribution in [0.2, 0.25) is 10.0 Å². The fourth-order valence-corrected chi connectivity index (χ4v) is 1.96. The molecule has 0 aliphatic rings. The molecular formula is C13H13Cl2N3O2. The Morgan fingerprint density at radius 2 is 1.80 bits per heavy atom. The summed E-state index contributed by atoms with van der Waals surface area (Å²) in [6.45, 7) is 2.53. The predicted molar refractivity (Wildman–Crippen MR) is 79.8 cm³/mol. The van der Waals surface area contributed by atoms with Gasteiger partial charge < -0.3 is 14.9 Å². The molecule has 0 saturated carbocycles. The van der Waals surface area contributed by atoms with Gasteiger partial charge in [0.15, 0.2) is 5.82 Å². The lowest BCUT2D eigenvalue weighted by molar-refractivity contribution is 0.339. The smallest absolute Gasteiger partial charge is 0.240 e. The van der Waals surface area contributed by atoms with Crippen molar-refractivity contribution in [2.75, 3.05) is 12.0 Å². The fourth-order valence-electron chi connectivity index (χ4n) is 1.50. The zero-order valence-corrected chi connectivity index (χ0v) is 12.2. The first-order valence-corrected chi connectivity index (χ1v) is 6.63. The van der Waals surface area contributed by atoms with Crippen molar-refractivity contribution in [1.82, 2.24) is 4.98 Å². The Morgan fingerprint density at radius 1 is 1.15 bits per heavy atom. The topological polar surface area (TPSA) is 69.4 Å². The van der Waals surface area contributed by atoms with Gasteiger partial charge in [-0.3, -0.25) is 0 Å². The molecule has 0 atom stereocenters. The third-order valence-corrected chi connectivity index (χ3v) is 2.94. The van der Waals surface area contributed by atoms with Crippen molar-refractivity contribution >= 4 is 29.0 Å². The number of nitrogens with one attached hydrogen (secondary N) is 1. The molecule has 0 spiro atoms. The van der Waals surface area contributed by atoms with E-state index in [-0.39, 0.29) is 11.7 Å². The molecule has 1 aromatic carbocycles. The molecule has 0 aliphatic carbocycles. The highest BCUT2D eigenvalue weighted by Gasteiger charge is 2.10. The van der Waals surface area contributed by atoms with Crippen molar-refractivity contribution in [2.24, 2.45) is 5.84 Å². The number of anilines is 1. The van der Waals surface area contributed by atoms with Crippen LogP contribution in [0.5, 0.6) is 17.4 Å². The van der Waals surface area contributed by atoms with E-state index >= 15 is 0 Å². The molecule has 1 aromatic heterocycles. The van der Waals surface area contributed by atoms with Gasteiger partial charge >= 0.3 is 0 Å². The molecule has 106 valence electrons. The minimum absolute atomic E-state index is 0.216. The molecule has 0 radical (unpaired) electrons. The van der Waals surface area contributed by atoms with Crippen molar-refractivity contribution < 1.29 is 9.47 Å². The monoisotopic (exact) mass is 313 g/mol. The lowest BCUT2D eigenvalue weighted by Gasteiger charge is -2.10. The lowest BCUT2D eigenvalue weighted by Crippen LogP contribution is -2.09. The first-order chi connectivity index (χ1) is 9.63. The van der Waals surface area contributed by atoms with E-state index in [0.717, 1.165) is 5.75 Å². The van der Waals surface area contributed by atoms with E-state index in [1.807, 2.05) is 6.92 Å². The minimum Gasteiger partial charge on any atom is -0.494 e. The second-order valence-corrected chi connectivity index (χ2v) is 4.57. The van der Waals surface area contributed by atoms with Crippen LogP contribution in [0.3, 0.4) is 0 Å². The van der Waals surface area contributed by atoms with E-state index in [1.54, 1.807) is 24.3 Å². The van der Waals surface area contributed by atoms with Crippen LogP contribution in [0.15, 0.2) is 30.3 Å². The number of hydrogen-bond donors (Lipinski definition) is 2. The third kappa shape index (κ3) is 3.45. The first-order valence-electron chi connectivity index (χ1n) is 5.87. The molecule has 0 saturated heterocycles. The average molecular weight is 314 g/mol. The van der Waals surface area contributed by atoms with Gasteiger partial charge in [0, 0.05) is 0 Å². The number of aromatic nitrogens is 1. The SMILES string of the molecule is CCOc1ccc(Oc2nc(NN)c(Cl)cc2Cl)cc1. The number of hydrogen-bond acceptors (Lipinski definition) is 5. The fraction of sp³-hybridized carbons (Fsp3) is 0.154. The summed E-state index contributed by atoms with van der Waals surface area (Å²) in [4.78, 5) is 4.09. The highest BCUT2D eigenvalue weighted by molar-refractivity contribution is 6.36. The van der Waals surface area contributed by atoms with Crippen molar-refractivity contribution in [3.05, 3.63) is 40.4 Å². The van der Waals surface area contributed by atoms with Gasteiger partial charge in [0.2, 0.25) is 5.88 Å². The number of ether oxygens (including phenoxy) is 2. The second kappa shape index (κ2) is 6.65. The molecule has 7 heteroatoms. The van der Waals surface area contributed by atoms with Gasteiger partial charge in [-0.05, 0) is 37.3 Å². The van der Waals surface area contributed by atoms with E-state index in [9.17, 15) is 0 Å². The standard InChI is InChI=1S/C13H13Cl2N3O2/c1-2-19-8-3-5-9(6-4-8)20-13-11(15)7-10(14)12(17-13)18-16/h3-7H,2,16H2,1H3,(H,17,18). The Labute approximate surface area is 126 Å². The summed E-state index contributed by atoms with van der Waals surface area (Å²) in [5.74, 6) is 7.15. The highest BCUT2D eigenvalue weighted by atomic mass is 35.5. The van der Waals surface area contributed by atoms with Crippen molar-refractivity contribution in [3.8, 4) is 17.4 Å². The Kier molecular flexibility index (Phi) is 4.89. The zero-order valence-electron chi connectivity index (χ0n) is 10.7. The maximum Gasteiger partial charge on any atom is 0.240 e. The molecule has 1 heterocycles. The van der Waals surface area contributed by atoms with Crippen LogP contribution in [0.4, 0.5) is 5.82 Å². The third-order valence-electron chi connectivity index (χ3n) is 2.38. The van der Waals surface area contributed by atoms with Crippen LogP contribution in [0.25, 0.3) is 0 Å². The quantitative estimate of drug-likeness (QED) is 0.648. The number of benzene rings is 1. The molecular weight excluding hydrogens is 301 g/mol. The second-order valence-electron chi connectivity index (χ2n) is 3.76. The van der Waals surface area contributed by atoms with Gasteiger partial charge in [-0.25, -0.2) is 5.84 Å². The number of halogens is 2. The molecule has 0 amide bonds. The molecule has 3 N–H and O–H groups in total. The summed E-state index contributed by atoms with van der Waals surface area (Å²) in [5.41, 5.74) is 2.37. The van der Waals surface area contributed by atoms with E-state index < -0.39 is 0 Å². The molecule has 0 bridgehead atoms. The van der Waals surface area contributed by atoms with Crippen LogP contribution in [-0.2, 0) is 0 Å². The largest absolute Gasteiger partial charge is 0.494 e. The molecule has 0 aliphatic heterocycles. The van der Waals surface area contributed by atoms with Crippen LogP contribution in [0, 0.1) is 0 Å². The summed E-state index contributed by atoms with van der Waals surface area (Å²) in [7, 11) is 0. The lowest BCUT2D eigenvalue weighted by atomic mass is 10.3. The predicted octanol–water partition coefficient (Wildman–Crippen LogP) is 3.87. The van der Waals surface area contributed by atoms with Crippen LogP contribution >= 0.6 is 23.2 Å². The molecule has 0 fully saturated rings. The number of rotatable bonds is 5. The van der Waals surface area contributed by atoms with Crippen molar-refractivity contribution in [2.45, 2.75) is 6.92 Å². The normalized spacial score (nSPS) is 10.2. The number of pyridine rings is 1. The Morgan fingerprint density at radius 3 is 2.40 bits per heavy atom. The van der Waals surface area contributed by atoms with Gasteiger partial charge in [0.05, 0.1) is 11.6 Å². The van der Waals surface area contributed by atoms with E-state index in [2.05, 4.69) is 10.4 Å². The summed E-state index contributed by atoms with van der Waals surface area (Å²) >= 11 is 11.9. The maximum absolute atomic E-state index is 6.02. The molecule has 0 unspecified atom stereocenters. The first kappa shape index (κ1) is 14.7. The molecule has 20 heavy (non-hydrogen) atoms. The van der Waals surface area contributed by atoms with Crippen molar-refractivity contribution in [1.29, 1.82) is 0 Å². The van der Waals surface area contributed by atoms with Gasteiger partial charge in [0.25, 0.3) is 0 Å². The van der Waals surface area contributed by atoms with Crippen LogP contribution in [0.1, 0.15) is 6.92 Å². The Hall–Kier alpha value is -1.69. The van der Waals surface area contributed by atoms with Gasteiger partial charge in [0.1, 0.15) is 16.5 Å². The summed E-state index contributed by atoms with van der Waals surface area (Å²) in [6, 6.07) is 8.62. The molecule has 2 rings (SSSR count). The van der Waals surface area contributed by atoms with E-state index in [1.165, 1.54) is 6.07 Å². The molecule has 5 nitrogen and oxygen atoms in total. The number of nitrogens with two attached hydrogens (primary N) is 1. The highest BCUT2D eigenvalue weighted by Crippen LogP contribution is 2.33. The van der Waals surface area contributed by atoms with E-state index in [4.69, 9.17) is 38.5 Å². The number of nitrogens with zero attached hydrogens (tertiary/aromatic N) is 1. The maximum atomic E-state index is 6.02. The summed E-state index contributed by atoms with van der Waals surface area (Å²) in [6.07, 6.45) is 0. The average Bonchev–Trinajstić information content (AvgIpc) is 2.44. The number of hydrazine groups is 1. The Bertz CT molecular complexity index is 591. The van der Waals surface area contributed by atoms with Crippen LogP contribution < -0.4 is 20.7 Å². The van der Waals surface area contributed by atoms with Gasteiger partial charge in [-0.15, -0.1) is 0 Å². The summed E-state index contributed by atoms with van der Waals surface area (Å²) < 4.78 is 10.9. The Balaban J connectivity index is 2.21. The van der Waals surface area contributed by atoms with Crippen molar-refractivity contribution in [3.63, 3.8) is 0 Å². The zero-order chi connectivity index (χ0) is 14.5. The molecule has 2 aromatic rings. The van der Waals surface area contributed by atoms with Gasteiger partial charge in [-0.2, -0.15) is 4.98 Å². The van der Waals surface area contributed by atoms with Gasteiger partial charge in [-0.1, -0.05) is 23.2 Å². The van der Waals surface area contributed by atoms with E-state index in [0.29, 0.717) is 22.4 Å². The summed E-state index contributed by atoms with van der Waals surface area (Å²) in [5, 5.41) is 0.611. The van der Waals surface area contributed by atoms with Crippen LogP contribution in [-0.4, -0.2) is 11.6 Å². The minimum atomic E-state index is 0.216. The number of nitrogen functional groups attached to an aromatic ring is 1.